The first-order valence-corrected chi connectivity index (χ1v) is 6.93. The Kier molecular flexibility index (Phi) is 6.82. The molecule has 0 spiro atoms. The molecule has 5 heteroatoms. The lowest BCUT2D eigenvalue weighted by atomic mass is 9.99. The third-order valence-corrected chi connectivity index (χ3v) is 3.57. The van der Waals surface area contributed by atoms with Gasteiger partial charge in [-0.15, -0.1) is 12.4 Å². The second-order valence-electron chi connectivity index (χ2n) is 5.37. The minimum atomic E-state index is 0. The molecule has 0 radical (unpaired) electrons. The van der Waals surface area contributed by atoms with Crippen LogP contribution < -0.4 is 15.5 Å². The highest BCUT2D eigenvalue weighted by molar-refractivity contribution is 5.95. The van der Waals surface area contributed by atoms with Gasteiger partial charge in [-0.3, -0.25) is 4.79 Å². The van der Waals surface area contributed by atoms with Crippen LogP contribution in [-0.2, 0) is 0 Å². The summed E-state index contributed by atoms with van der Waals surface area (Å²) in [6.45, 7) is 2.88. The molecule has 112 valence electrons. The zero-order valence-corrected chi connectivity index (χ0v) is 13.0. The molecule has 2 N–H and O–H groups in total. The molecule has 1 unspecified atom stereocenters. The predicted octanol–water partition coefficient (Wildman–Crippen LogP) is 1.90. The minimum Gasteiger partial charge on any atom is -0.378 e. The van der Waals surface area contributed by atoms with Crippen molar-refractivity contribution in [3.8, 4) is 0 Å². The predicted molar refractivity (Wildman–Crippen MR) is 85.9 cm³/mol. The quantitative estimate of drug-likeness (QED) is 0.892. The number of nitrogens with zero attached hydrogens (tertiary/aromatic N) is 1. The molecule has 1 aliphatic rings. The number of rotatable bonds is 4. The fraction of sp³-hybridized carbons (Fsp3) is 0.533. The largest absolute Gasteiger partial charge is 0.378 e. The van der Waals surface area contributed by atoms with Crippen molar-refractivity contribution in [1.82, 2.24) is 10.6 Å². The third kappa shape index (κ3) is 4.69. The number of halogens is 1. The standard InChI is InChI=1S/C15H23N3O.ClH/c1-18(2)14-7-3-6-13(9-14)15(19)17-11-12-5-4-8-16-10-12;/h3,6-7,9,12,16H,4-5,8,10-11H2,1-2H3,(H,17,19);1H. The molecule has 0 aliphatic carbocycles. The molecular formula is C15H24ClN3O. The first-order valence-electron chi connectivity index (χ1n) is 6.93. The van der Waals surface area contributed by atoms with Crippen molar-refractivity contribution >= 4 is 24.0 Å². The topological polar surface area (TPSA) is 44.4 Å². The van der Waals surface area contributed by atoms with Gasteiger partial charge in [-0.25, -0.2) is 0 Å². The van der Waals surface area contributed by atoms with E-state index in [1.54, 1.807) is 0 Å². The molecule has 1 heterocycles. The fourth-order valence-corrected chi connectivity index (χ4v) is 2.36. The van der Waals surface area contributed by atoms with Gasteiger partial charge in [0.15, 0.2) is 0 Å². The molecule has 1 aromatic rings. The van der Waals surface area contributed by atoms with Crippen LogP contribution in [0.3, 0.4) is 0 Å². The van der Waals surface area contributed by atoms with Gasteiger partial charge in [0, 0.05) is 31.9 Å². The van der Waals surface area contributed by atoms with Gasteiger partial charge in [0.1, 0.15) is 0 Å². The van der Waals surface area contributed by atoms with Gasteiger partial charge in [0.05, 0.1) is 0 Å². The maximum absolute atomic E-state index is 12.1. The summed E-state index contributed by atoms with van der Waals surface area (Å²) >= 11 is 0. The lowest BCUT2D eigenvalue weighted by Gasteiger charge is -2.23. The zero-order valence-electron chi connectivity index (χ0n) is 12.2. The molecule has 0 saturated carbocycles. The molecular weight excluding hydrogens is 274 g/mol. The van der Waals surface area contributed by atoms with Crippen molar-refractivity contribution in [3.63, 3.8) is 0 Å². The molecule has 0 aromatic heterocycles. The normalized spacial score (nSPS) is 18.0. The van der Waals surface area contributed by atoms with Crippen LogP contribution in [0.4, 0.5) is 5.69 Å². The number of carbonyl (C=O) groups is 1. The van der Waals surface area contributed by atoms with Crippen molar-refractivity contribution in [2.24, 2.45) is 5.92 Å². The summed E-state index contributed by atoms with van der Waals surface area (Å²) < 4.78 is 0. The average Bonchev–Trinajstić information content (AvgIpc) is 2.46. The number of piperidine rings is 1. The van der Waals surface area contributed by atoms with E-state index in [4.69, 9.17) is 0 Å². The molecule has 1 aromatic carbocycles. The molecule has 20 heavy (non-hydrogen) atoms. The van der Waals surface area contributed by atoms with Crippen molar-refractivity contribution in [2.75, 3.05) is 38.6 Å². The van der Waals surface area contributed by atoms with E-state index in [9.17, 15) is 4.79 Å². The number of amides is 1. The monoisotopic (exact) mass is 297 g/mol. The minimum absolute atomic E-state index is 0. The molecule has 1 atom stereocenters. The first kappa shape index (κ1) is 16.8. The SMILES string of the molecule is CN(C)c1cccc(C(=O)NCC2CCCNC2)c1.Cl. The van der Waals surface area contributed by atoms with Crippen molar-refractivity contribution < 1.29 is 4.79 Å². The second-order valence-corrected chi connectivity index (χ2v) is 5.37. The zero-order chi connectivity index (χ0) is 13.7. The van der Waals surface area contributed by atoms with Gasteiger partial charge in [0.25, 0.3) is 5.91 Å². The third-order valence-electron chi connectivity index (χ3n) is 3.57. The Balaban J connectivity index is 0.00000200. The summed E-state index contributed by atoms with van der Waals surface area (Å²) in [6.07, 6.45) is 2.40. The van der Waals surface area contributed by atoms with Gasteiger partial charge < -0.3 is 15.5 Å². The Morgan fingerprint density at radius 1 is 1.45 bits per heavy atom. The summed E-state index contributed by atoms with van der Waals surface area (Å²) in [7, 11) is 3.95. The highest BCUT2D eigenvalue weighted by atomic mass is 35.5. The number of benzene rings is 1. The van der Waals surface area contributed by atoms with Crippen LogP contribution in [0.1, 0.15) is 23.2 Å². The summed E-state index contributed by atoms with van der Waals surface area (Å²) in [5.41, 5.74) is 1.78. The number of hydrogen-bond acceptors (Lipinski definition) is 3. The van der Waals surface area contributed by atoms with E-state index >= 15 is 0 Å². The average molecular weight is 298 g/mol. The maximum atomic E-state index is 12.1. The van der Waals surface area contributed by atoms with E-state index in [-0.39, 0.29) is 18.3 Å². The Morgan fingerprint density at radius 3 is 2.90 bits per heavy atom. The van der Waals surface area contributed by atoms with Crippen LogP contribution in [-0.4, -0.2) is 39.6 Å². The first-order chi connectivity index (χ1) is 9.16. The molecule has 0 bridgehead atoms. The summed E-state index contributed by atoms with van der Waals surface area (Å²) in [4.78, 5) is 14.1. The number of carbonyl (C=O) groups excluding carboxylic acids is 1. The number of hydrogen-bond donors (Lipinski definition) is 2. The van der Waals surface area contributed by atoms with Crippen molar-refractivity contribution in [1.29, 1.82) is 0 Å². The number of nitrogens with one attached hydrogen (secondary N) is 2. The van der Waals surface area contributed by atoms with E-state index in [2.05, 4.69) is 10.6 Å². The smallest absolute Gasteiger partial charge is 0.251 e. The van der Waals surface area contributed by atoms with Gasteiger partial charge in [0.2, 0.25) is 0 Å². The van der Waals surface area contributed by atoms with Crippen LogP contribution in [0.15, 0.2) is 24.3 Å². The van der Waals surface area contributed by atoms with E-state index in [0.717, 1.165) is 30.9 Å². The van der Waals surface area contributed by atoms with E-state index in [1.165, 1.54) is 12.8 Å². The second kappa shape index (κ2) is 8.12. The van der Waals surface area contributed by atoms with E-state index in [1.807, 2.05) is 43.3 Å². The van der Waals surface area contributed by atoms with E-state index in [0.29, 0.717) is 5.92 Å². The van der Waals surface area contributed by atoms with Crippen LogP contribution >= 0.6 is 12.4 Å². The van der Waals surface area contributed by atoms with Crippen molar-refractivity contribution in [2.45, 2.75) is 12.8 Å². The Hall–Kier alpha value is -1.26. The molecule has 1 aliphatic heterocycles. The van der Waals surface area contributed by atoms with Gasteiger partial charge in [-0.05, 0) is 50.0 Å². The van der Waals surface area contributed by atoms with Gasteiger partial charge in [-0.2, -0.15) is 0 Å². The van der Waals surface area contributed by atoms with Crippen LogP contribution in [0, 0.1) is 5.92 Å². The highest BCUT2D eigenvalue weighted by Gasteiger charge is 2.14. The summed E-state index contributed by atoms with van der Waals surface area (Å²) in [5, 5.41) is 6.40. The molecule has 2 rings (SSSR count). The Bertz CT molecular complexity index is 431. The van der Waals surface area contributed by atoms with Crippen molar-refractivity contribution in [3.05, 3.63) is 29.8 Å². The van der Waals surface area contributed by atoms with Gasteiger partial charge in [-0.1, -0.05) is 6.07 Å². The fourth-order valence-electron chi connectivity index (χ4n) is 2.36. The number of anilines is 1. The van der Waals surface area contributed by atoms with Crippen LogP contribution in [0.2, 0.25) is 0 Å². The van der Waals surface area contributed by atoms with Crippen LogP contribution in [0.25, 0.3) is 0 Å². The molecule has 4 nitrogen and oxygen atoms in total. The molecule has 1 fully saturated rings. The maximum Gasteiger partial charge on any atom is 0.251 e. The van der Waals surface area contributed by atoms with Crippen LogP contribution in [0.5, 0.6) is 0 Å². The molecule has 1 saturated heterocycles. The Morgan fingerprint density at radius 2 is 2.25 bits per heavy atom. The Labute approximate surface area is 127 Å². The summed E-state index contributed by atoms with van der Waals surface area (Å²) in [5.74, 6) is 0.587. The lowest BCUT2D eigenvalue weighted by molar-refractivity contribution is 0.0945. The lowest BCUT2D eigenvalue weighted by Crippen LogP contribution is -2.38. The highest BCUT2D eigenvalue weighted by Crippen LogP contribution is 2.14. The molecule has 1 amide bonds. The summed E-state index contributed by atoms with van der Waals surface area (Å²) in [6, 6.07) is 7.71. The van der Waals surface area contributed by atoms with Gasteiger partial charge >= 0.3 is 0 Å². The van der Waals surface area contributed by atoms with E-state index < -0.39 is 0 Å².